The van der Waals surface area contributed by atoms with Crippen LogP contribution in [0.4, 0.5) is 0 Å². The number of ether oxygens (including phenoxy) is 1. The van der Waals surface area contributed by atoms with Gasteiger partial charge in [-0.15, -0.1) is 0 Å². The molecule has 6 nitrogen and oxygen atoms in total. The third-order valence-corrected chi connectivity index (χ3v) is 2.67. The number of aliphatic imine (C=N–C) groups is 1. The fourth-order valence-corrected chi connectivity index (χ4v) is 1.50. The van der Waals surface area contributed by atoms with E-state index in [1.807, 2.05) is 6.92 Å². The summed E-state index contributed by atoms with van der Waals surface area (Å²) in [7, 11) is 1.73. The number of hydrogen-bond acceptors (Lipinski definition) is 4. The van der Waals surface area contributed by atoms with E-state index in [9.17, 15) is 0 Å². The molecule has 0 saturated carbocycles. The number of rotatable bonds is 6. The molecule has 2 N–H and O–H groups in total. The number of nitrogens with one attached hydrogen (secondary N) is 2. The summed E-state index contributed by atoms with van der Waals surface area (Å²) in [4.78, 5) is 8.39. The van der Waals surface area contributed by atoms with Crippen molar-refractivity contribution in [2.75, 3.05) is 26.8 Å². The van der Waals surface area contributed by atoms with E-state index >= 15 is 0 Å². The summed E-state index contributed by atoms with van der Waals surface area (Å²) in [6, 6.07) is 0. The maximum atomic E-state index is 5.70. The topological polar surface area (TPSA) is 71.7 Å². The van der Waals surface area contributed by atoms with Gasteiger partial charge in [0.25, 0.3) is 0 Å². The van der Waals surface area contributed by atoms with Crippen molar-refractivity contribution in [3.05, 3.63) is 17.8 Å². The summed E-state index contributed by atoms with van der Waals surface area (Å²) in [5.41, 5.74) is -0.0251. The van der Waals surface area contributed by atoms with E-state index in [1.54, 1.807) is 13.2 Å². The van der Waals surface area contributed by atoms with Gasteiger partial charge in [0.15, 0.2) is 5.96 Å². The lowest BCUT2D eigenvalue weighted by atomic mass is 9.94. The van der Waals surface area contributed by atoms with Gasteiger partial charge in [0.1, 0.15) is 5.76 Å². The molecule has 1 aromatic rings. The molecule has 1 heterocycles. The van der Waals surface area contributed by atoms with Crippen LogP contribution in [0.3, 0.4) is 0 Å². The zero-order valence-corrected chi connectivity index (χ0v) is 13.1. The minimum atomic E-state index is -0.0251. The Bertz CT molecular complexity index is 421. The van der Waals surface area contributed by atoms with Gasteiger partial charge in [-0.25, -0.2) is 4.98 Å². The van der Waals surface area contributed by atoms with Crippen LogP contribution in [0.1, 0.15) is 39.3 Å². The van der Waals surface area contributed by atoms with E-state index in [2.05, 4.69) is 41.4 Å². The van der Waals surface area contributed by atoms with Gasteiger partial charge in [0.05, 0.1) is 19.3 Å². The lowest BCUT2D eigenvalue weighted by molar-refractivity contribution is 0.152. The number of nitrogens with zero attached hydrogens (tertiary/aromatic N) is 2. The van der Waals surface area contributed by atoms with Crippen molar-refractivity contribution in [3.63, 3.8) is 0 Å². The highest BCUT2D eigenvalue weighted by Crippen LogP contribution is 2.22. The maximum Gasteiger partial charge on any atom is 0.213 e. The van der Waals surface area contributed by atoms with E-state index in [4.69, 9.17) is 9.15 Å². The second-order valence-electron chi connectivity index (χ2n) is 5.42. The number of aromatic nitrogens is 1. The molecular formula is C14H26N4O2. The van der Waals surface area contributed by atoms with Crippen LogP contribution in [0, 0.1) is 0 Å². The summed E-state index contributed by atoms with van der Waals surface area (Å²) in [5, 5.41) is 6.31. The van der Waals surface area contributed by atoms with Crippen LogP contribution in [-0.2, 0) is 16.7 Å². The van der Waals surface area contributed by atoms with Gasteiger partial charge in [-0.2, -0.15) is 0 Å². The fourth-order valence-electron chi connectivity index (χ4n) is 1.50. The Morgan fingerprint density at radius 2 is 2.15 bits per heavy atom. The molecule has 114 valence electrons. The fraction of sp³-hybridized carbons (Fsp3) is 0.714. The van der Waals surface area contributed by atoms with Crippen molar-refractivity contribution in [1.29, 1.82) is 0 Å². The van der Waals surface area contributed by atoms with Crippen LogP contribution in [-0.4, -0.2) is 37.7 Å². The monoisotopic (exact) mass is 282 g/mol. The molecule has 6 heteroatoms. The molecule has 0 amide bonds. The van der Waals surface area contributed by atoms with Crippen molar-refractivity contribution in [1.82, 2.24) is 15.6 Å². The number of oxazole rings is 1. The molecule has 0 saturated heterocycles. The first-order chi connectivity index (χ1) is 9.47. The maximum absolute atomic E-state index is 5.70. The second-order valence-corrected chi connectivity index (χ2v) is 5.42. The third kappa shape index (κ3) is 5.61. The summed E-state index contributed by atoms with van der Waals surface area (Å²) in [6.07, 6.45) is 1.78. The molecule has 1 rings (SSSR count). The van der Waals surface area contributed by atoms with Crippen molar-refractivity contribution in [3.8, 4) is 0 Å². The van der Waals surface area contributed by atoms with E-state index < -0.39 is 0 Å². The molecule has 0 aromatic carbocycles. The highest BCUT2D eigenvalue weighted by molar-refractivity contribution is 5.79. The minimum absolute atomic E-state index is 0.0251. The highest BCUT2D eigenvalue weighted by Gasteiger charge is 2.19. The SMILES string of the molecule is CCOCCNC(=NC)NCc1ncc(C(C)(C)C)o1. The van der Waals surface area contributed by atoms with Crippen LogP contribution in [0.2, 0.25) is 0 Å². The number of hydrogen-bond donors (Lipinski definition) is 2. The Morgan fingerprint density at radius 1 is 1.40 bits per heavy atom. The zero-order valence-electron chi connectivity index (χ0n) is 13.1. The van der Waals surface area contributed by atoms with Gasteiger partial charge in [0, 0.05) is 25.6 Å². The number of guanidine groups is 1. The molecule has 0 fully saturated rings. The Morgan fingerprint density at radius 3 is 2.70 bits per heavy atom. The van der Waals surface area contributed by atoms with Crippen molar-refractivity contribution < 1.29 is 9.15 Å². The predicted octanol–water partition coefficient (Wildman–Crippen LogP) is 1.67. The van der Waals surface area contributed by atoms with Crippen molar-refractivity contribution in [2.45, 2.75) is 39.7 Å². The quantitative estimate of drug-likeness (QED) is 0.472. The van der Waals surface area contributed by atoms with Crippen LogP contribution >= 0.6 is 0 Å². The zero-order chi connectivity index (χ0) is 15.0. The summed E-state index contributed by atoms with van der Waals surface area (Å²) in [5.74, 6) is 2.25. The molecule has 20 heavy (non-hydrogen) atoms. The molecule has 0 spiro atoms. The van der Waals surface area contributed by atoms with Crippen molar-refractivity contribution >= 4 is 5.96 Å². The second kappa shape index (κ2) is 7.89. The average Bonchev–Trinajstić information content (AvgIpc) is 2.87. The van der Waals surface area contributed by atoms with E-state index in [1.165, 1.54) is 0 Å². The lowest BCUT2D eigenvalue weighted by Gasteiger charge is -2.13. The smallest absolute Gasteiger partial charge is 0.213 e. The minimum Gasteiger partial charge on any atom is -0.443 e. The van der Waals surface area contributed by atoms with Crippen LogP contribution in [0.15, 0.2) is 15.6 Å². The van der Waals surface area contributed by atoms with E-state index in [0.717, 1.165) is 12.4 Å². The highest BCUT2D eigenvalue weighted by atomic mass is 16.5. The first-order valence-electron chi connectivity index (χ1n) is 6.94. The van der Waals surface area contributed by atoms with Crippen LogP contribution in [0.25, 0.3) is 0 Å². The first-order valence-corrected chi connectivity index (χ1v) is 6.94. The molecule has 0 aliphatic rings. The molecule has 0 aliphatic carbocycles. The van der Waals surface area contributed by atoms with Gasteiger partial charge in [0.2, 0.25) is 5.89 Å². The lowest BCUT2D eigenvalue weighted by Crippen LogP contribution is -2.38. The van der Waals surface area contributed by atoms with Crippen molar-refractivity contribution in [2.24, 2.45) is 4.99 Å². The Balaban J connectivity index is 2.39. The Labute approximate surface area is 121 Å². The molecule has 0 radical (unpaired) electrons. The standard InChI is InChI=1S/C14H26N4O2/c1-6-19-8-7-16-13(15-5)18-10-12-17-9-11(20-12)14(2,3)4/h9H,6-8,10H2,1-5H3,(H2,15,16,18). The van der Waals surface area contributed by atoms with Crippen LogP contribution < -0.4 is 10.6 Å². The average molecular weight is 282 g/mol. The van der Waals surface area contributed by atoms with Crippen LogP contribution in [0.5, 0.6) is 0 Å². The molecule has 0 unspecified atom stereocenters. The largest absolute Gasteiger partial charge is 0.443 e. The summed E-state index contributed by atoms with van der Waals surface area (Å²) < 4.78 is 11.0. The molecule has 0 bridgehead atoms. The first kappa shape index (κ1) is 16.5. The molecular weight excluding hydrogens is 256 g/mol. The van der Waals surface area contributed by atoms with Gasteiger partial charge in [-0.1, -0.05) is 20.8 Å². The molecule has 0 atom stereocenters. The van der Waals surface area contributed by atoms with E-state index in [0.29, 0.717) is 31.5 Å². The summed E-state index contributed by atoms with van der Waals surface area (Å²) >= 11 is 0. The van der Waals surface area contributed by atoms with Gasteiger partial charge in [-0.05, 0) is 6.92 Å². The Kier molecular flexibility index (Phi) is 6.51. The van der Waals surface area contributed by atoms with Gasteiger partial charge in [-0.3, -0.25) is 4.99 Å². The van der Waals surface area contributed by atoms with Gasteiger partial charge >= 0.3 is 0 Å². The van der Waals surface area contributed by atoms with E-state index in [-0.39, 0.29) is 5.41 Å². The summed E-state index contributed by atoms with van der Waals surface area (Å²) in [6.45, 7) is 10.9. The normalized spacial score (nSPS) is 12.6. The molecule has 0 aliphatic heterocycles. The Hall–Kier alpha value is -1.56. The third-order valence-electron chi connectivity index (χ3n) is 2.67. The van der Waals surface area contributed by atoms with Gasteiger partial charge < -0.3 is 19.8 Å². The predicted molar refractivity (Wildman–Crippen MR) is 79.9 cm³/mol. The molecule has 1 aromatic heterocycles.